The van der Waals surface area contributed by atoms with Gasteiger partial charge in [-0.15, -0.1) is 0 Å². The van der Waals surface area contributed by atoms with Crippen molar-refractivity contribution >= 4 is 54.5 Å². The van der Waals surface area contributed by atoms with E-state index in [9.17, 15) is 0 Å². The van der Waals surface area contributed by atoms with E-state index in [0.29, 0.717) is 0 Å². The highest BCUT2D eigenvalue weighted by molar-refractivity contribution is 6.23. The lowest BCUT2D eigenvalue weighted by atomic mass is 9.93. The zero-order valence-electron chi connectivity index (χ0n) is 26.5. The topological polar surface area (TPSA) is 38.9 Å². The minimum absolute atomic E-state index is 0.917. The van der Waals surface area contributed by atoms with Crippen LogP contribution in [-0.4, -0.2) is 9.97 Å². The summed E-state index contributed by atoms with van der Waals surface area (Å²) in [7, 11) is 0. The van der Waals surface area contributed by atoms with Crippen LogP contribution in [0.15, 0.2) is 175 Å². The lowest BCUT2D eigenvalue weighted by Crippen LogP contribution is -1.89. The fraction of sp³-hybridized carbons (Fsp3) is 0. The summed E-state index contributed by atoms with van der Waals surface area (Å²) in [4.78, 5) is 9.41. The van der Waals surface area contributed by atoms with E-state index in [4.69, 9.17) is 9.40 Å². The van der Waals surface area contributed by atoms with Crippen LogP contribution in [0.4, 0.5) is 0 Å². The molecule has 49 heavy (non-hydrogen) atoms. The highest BCUT2D eigenvalue weighted by Crippen LogP contribution is 2.38. The van der Waals surface area contributed by atoms with Crippen molar-refractivity contribution in [2.45, 2.75) is 0 Å². The van der Waals surface area contributed by atoms with Gasteiger partial charge < -0.3 is 4.42 Å². The Bertz CT molecular complexity index is 2850. The Kier molecular flexibility index (Phi) is 6.18. The summed E-state index contributed by atoms with van der Waals surface area (Å²) >= 11 is 0. The first-order valence-electron chi connectivity index (χ1n) is 16.6. The molecule has 0 amide bonds. The minimum atomic E-state index is 0.917. The van der Waals surface area contributed by atoms with E-state index in [-0.39, 0.29) is 0 Å². The van der Waals surface area contributed by atoms with E-state index >= 15 is 0 Å². The van der Waals surface area contributed by atoms with E-state index in [0.717, 1.165) is 54.9 Å². The summed E-state index contributed by atoms with van der Waals surface area (Å²) in [6, 6.07) is 56.3. The number of furan rings is 1. The second kappa shape index (κ2) is 11.0. The molecule has 2 heterocycles. The molecule has 0 atom stereocenters. The number of aromatic nitrogens is 2. The zero-order valence-corrected chi connectivity index (χ0v) is 26.5. The minimum Gasteiger partial charge on any atom is -0.455 e. The summed E-state index contributed by atoms with van der Waals surface area (Å²) in [5, 5.41) is 6.92. The Morgan fingerprint density at radius 1 is 0.327 bits per heavy atom. The molecular formula is C46H28N2O. The zero-order chi connectivity index (χ0) is 32.3. The van der Waals surface area contributed by atoms with Gasteiger partial charge in [-0.05, 0) is 74.0 Å². The van der Waals surface area contributed by atoms with Gasteiger partial charge in [0.25, 0.3) is 0 Å². The number of nitrogens with zero attached hydrogens (tertiary/aromatic N) is 2. The second-order valence-electron chi connectivity index (χ2n) is 12.6. The second-order valence-corrected chi connectivity index (χ2v) is 12.6. The maximum Gasteiger partial charge on any atom is 0.143 e. The van der Waals surface area contributed by atoms with Crippen LogP contribution in [0.2, 0.25) is 0 Å². The van der Waals surface area contributed by atoms with Gasteiger partial charge in [0.1, 0.15) is 11.2 Å². The van der Waals surface area contributed by atoms with Gasteiger partial charge in [-0.25, -0.2) is 0 Å². The molecular weight excluding hydrogens is 597 g/mol. The molecule has 0 saturated heterocycles. The monoisotopic (exact) mass is 624 g/mol. The summed E-state index contributed by atoms with van der Waals surface area (Å²) < 4.78 is 6.31. The van der Waals surface area contributed by atoms with Crippen molar-refractivity contribution in [3.05, 3.63) is 170 Å². The van der Waals surface area contributed by atoms with Gasteiger partial charge in [0.2, 0.25) is 0 Å². The number of hydrogen-bond donors (Lipinski definition) is 0. The predicted molar refractivity (Wildman–Crippen MR) is 204 cm³/mol. The lowest BCUT2D eigenvalue weighted by molar-refractivity contribution is 0.670. The maximum absolute atomic E-state index is 6.31. The molecule has 0 N–H and O–H groups in total. The normalized spacial score (nSPS) is 11.7. The van der Waals surface area contributed by atoms with Crippen LogP contribution in [0.5, 0.6) is 0 Å². The molecule has 8 aromatic carbocycles. The van der Waals surface area contributed by atoms with Crippen molar-refractivity contribution in [1.29, 1.82) is 0 Å². The molecule has 2 aromatic heterocycles. The third-order valence-corrected chi connectivity index (χ3v) is 9.77. The molecule has 0 aliphatic heterocycles. The van der Waals surface area contributed by atoms with Crippen molar-refractivity contribution in [3.63, 3.8) is 0 Å². The third-order valence-electron chi connectivity index (χ3n) is 9.77. The first-order chi connectivity index (χ1) is 24.3. The first kappa shape index (κ1) is 27.5. The van der Waals surface area contributed by atoms with Crippen molar-refractivity contribution in [2.24, 2.45) is 0 Å². The number of benzene rings is 8. The van der Waals surface area contributed by atoms with Crippen LogP contribution in [0.3, 0.4) is 0 Å². The van der Waals surface area contributed by atoms with Crippen LogP contribution in [0.25, 0.3) is 99.0 Å². The fourth-order valence-corrected chi connectivity index (χ4v) is 7.38. The van der Waals surface area contributed by atoms with Crippen LogP contribution < -0.4 is 0 Å². The van der Waals surface area contributed by atoms with E-state index in [1.807, 2.05) is 12.1 Å². The molecule has 0 saturated carbocycles. The van der Waals surface area contributed by atoms with E-state index < -0.39 is 0 Å². The first-order valence-corrected chi connectivity index (χ1v) is 16.6. The van der Waals surface area contributed by atoms with Gasteiger partial charge in [0.05, 0.1) is 11.0 Å². The molecule has 0 aliphatic carbocycles. The quantitative estimate of drug-likeness (QED) is 0.183. The standard InChI is InChI=1S/C46H28N2O/c1-2-14-39-37(12-1)42-28-35(22-23-40(42)45-44(39)47-24-25-48-45)34-11-6-10-33(27-34)32-9-5-8-31(26-32)29-18-20-30(21-19-29)36-15-7-16-41-38-13-3-4-17-43(38)49-46(36)41/h1-28H. The fourth-order valence-electron chi connectivity index (χ4n) is 7.38. The molecule has 0 unspecified atom stereocenters. The third kappa shape index (κ3) is 4.51. The van der Waals surface area contributed by atoms with Crippen LogP contribution >= 0.6 is 0 Å². The van der Waals surface area contributed by atoms with Crippen LogP contribution in [0.1, 0.15) is 0 Å². The van der Waals surface area contributed by atoms with Crippen molar-refractivity contribution in [3.8, 4) is 44.5 Å². The van der Waals surface area contributed by atoms with Gasteiger partial charge >= 0.3 is 0 Å². The lowest BCUT2D eigenvalue weighted by Gasteiger charge is -2.12. The molecule has 0 fully saturated rings. The van der Waals surface area contributed by atoms with Crippen LogP contribution in [-0.2, 0) is 0 Å². The van der Waals surface area contributed by atoms with E-state index in [2.05, 4.69) is 151 Å². The Morgan fingerprint density at radius 3 is 1.55 bits per heavy atom. The molecule has 3 nitrogen and oxygen atoms in total. The smallest absolute Gasteiger partial charge is 0.143 e. The largest absolute Gasteiger partial charge is 0.455 e. The molecule has 0 aliphatic rings. The Labute approximate surface area is 282 Å². The Balaban J connectivity index is 1.00. The summed E-state index contributed by atoms with van der Waals surface area (Å²) in [5.41, 5.74) is 13.0. The molecule has 0 spiro atoms. The Morgan fingerprint density at radius 2 is 0.837 bits per heavy atom. The number of para-hydroxylation sites is 2. The van der Waals surface area contributed by atoms with Gasteiger partial charge in [-0.2, -0.15) is 0 Å². The van der Waals surface area contributed by atoms with Gasteiger partial charge in [0.15, 0.2) is 0 Å². The molecule has 10 aromatic rings. The predicted octanol–water partition coefficient (Wildman–Crippen LogP) is 12.5. The van der Waals surface area contributed by atoms with Crippen molar-refractivity contribution < 1.29 is 4.42 Å². The molecule has 10 rings (SSSR count). The average molecular weight is 625 g/mol. The molecule has 3 heteroatoms. The van der Waals surface area contributed by atoms with Crippen LogP contribution in [0, 0.1) is 0 Å². The number of fused-ring (bicyclic) bond motifs is 9. The summed E-state index contributed by atoms with van der Waals surface area (Å²) in [5.74, 6) is 0. The number of hydrogen-bond acceptors (Lipinski definition) is 3. The average Bonchev–Trinajstić information content (AvgIpc) is 3.57. The molecule has 228 valence electrons. The maximum atomic E-state index is 6.31. The summed E-state index contributed by atoms with van der Waals surface area (Å²) in [6.45, 7) is 0. The van der Waals surface area contributed by atoms with Gasteiger partial charge in [0, 0.05) is 39.5 Å². The molecule has 0 radical (unpaired) electrons. The number of rotatable bonds is 4. The van der Waals surface area contributed by atoms with E-state index in [1.54, 1.807) is 12.4 Å². The van der Waals surface area contributed by atoms with E-state index in [1.165, 1.54) is 44.2 Å². The van der Waals surface area contributed by atoms with Gasteiger partial charge in [-0.1, -0.05) is 133 Å². The SMILES string of the molecule is c1cc(-c2ccc(-c3cccc4c3oc3ccccc34)cc2)cc(-c2cccc(-c3ccc4c(c3)c3ccccc3c3nccnc43)c2)c1. The Hall–Kier alpha value is -6.58. The van der Waals surface area contributed by atoms with Crippen molar-refractivity contribution in [1.82, 2.24) is 9.97 Å². The molecule has 0 bridgehead atoms. The highest BCUT2D eigenvalue weighted by Gasteiger charge is 2.14. The highest BCUT2D eigenvalue weighted by atomic mass is 16.3. The van der Waals surface area contributed by atoms with Gasteiger partial charge in [-0.3, -0.25) is 9.97 Å². The van der Waals surface area contributed by atoms with Crippen molar-refractivity contribution in [2.75, 3.05) is 0 Å². The summed E-state index contributed by atoms with van der Waals surface area (Å²) in [6.07, 6.45) is 3.55.